The first-order valence-corrected chi connectivity index (χ1v) is 12.7. The first-order valence-electron chi connectivity index (χ1n) is 12.7. The van der Waals surface area contributed by atoms with Crippen LogP contribution in [0.2, 0.25) is 0 Å². The molecule has 0 aromatic heterocycles. The Hall–Kier alpha value is -0.670. The van der Waals surface area contributed by atoms with Crippen LogP contribution < -0.4 is 0 Å². The Balaban J connectivity index is 1.59. The van der Waals surface area contributed by atoms with Gasteiger partial charge in [0, 0.05) is 11.8 Å². The predicted octanol–water partition coefficient (Wildman–Crippen LogP) is 5.68. The van der Waals surface area contributed by atoms with E-state index in [1.54, 1.807) is 0 Å². The Morgan fingerprint density at radius 2 is 1.77 bits per heavy atom. The molecule has 0 bridgehead atoms. The number of allylic oxidation sites excluding steroid dienone is 1. The first kappa shape index (κ1) is 22.5. The summed E-state index contributed by atoms with van der Waals surface area (Å²) in [5.41, 5.74) is -0.154. The molecule has 0 saturated heterocycles. The summed E-state index contributed by atoms with van der Waals surface area (Å²) in [5, 5.41) is 21.7. The van der Waals surface area contributed by atoms with E-state index in [1.807, 2.05) is 6.08 Å². The van der Waals surface area contributed by atoms with Gasteiger partial charge < -0.3 is 10.2 Å². The van der Waals surface area contributed by atoms with Crippen molar-refractivity contribution < 1.29 is 15.0 Å². The molecule has 8 atom stereocenters. The number of ketones is 1. The molecule has 3 nitrogen and oxygen atoms in total. The maximum atomic E-state index is 13.2. The van der Waals surface area contributed by atoms with Crippen LogP contribution in [0.5, 0.6) is 0 Å². The summed E-state index contributed by atoms with van der Waals surface area (Å²) in [5.74, 6) is 2.92. The van der Waals surface area contributed by atoms with Crippen molar-refractivity contribution in [3.05, 3.63) is 11.6 Å². The molecule has 4 rings (SSSR count). The highest BCUT2D eigenvalue weighted by Crippen LogP contribution is 2.67. The second kappa shape index (κ2) is 7.73. The minimum Gasteiger partial charge on any atom is -0.393 e. The molecule has 3 heteroatoms. The molecular weight excluding hydrogens is 372 g/mol. The summed E-state index contributed by atoms with van der Waals surface area (Å²) in [4.78, 5) is 13.2. The number of aliphatic hydroxyl groups is 2. The maximum Gasteiger partial charge on any atom is 0.187 e. The van der Waals surface area contributed by atoms with E-state index in [-0.39, 0.29) is 12.2 Å². The van der Waals surface area contributed by atoms with Crippen LogP contribution in [-0.2, 0) is 4.79 Å². The number of carbonyl (C=O) groups is 1. The molecule has 3 saturated carbocycles. The fourth-order valence-electron chi connectivity index (χ4n) is 8.37. The molecule has 4 aliphatic rings. The monoisotopic (exact) mass is 416 g/mol. The number of aliphatic hydroxyl groups excluding tert-OH is 1. The van der Waals surface area contributed by atoms with Gasteiger partial charge in [-0.1, -0.05) is 59.5 Å². The van der Waals surface area contributed by atoms with Crippen molar-refractivity contribution in [2.75, 3.05) is 0 Å². The van der Waals surface area contributed by atoms with E-state index in [2.05, 4.69) is 34.6 Å². The molecule has 0 aromatic rings. The summed E-state index contributed by atoms with van der Waals surface area (Å²) in [6.45, 7) is 11.7. The first-order chi connectivity index (χ1) is 14.0. The van der Waals surface area contributed by atoms with Gasteiger partial charge >= 0.3 is 0 Å². The summed E-state index contributed by atoms with van der Waals surface area (Å²) >= 11 is 0. The van der Waals surface area contributed by atoms with Crippen LogP contribution in [0.15, 0.2) is 11.6 Å². The van der Waals surface area contributed by atoms with E-state index in [0.29, 0.717) is 23.7 Å². The lowest BCUT2D eigenvalue weighted by Gasteiger charge is -2.60. The minimum absolute atomic E-state index is 0.132. The van der Waals surface area contributed by atoms with Gasteiger partial charge in [0.05, 0.1) is 6.10 Å². The van der Waals surface area contributed by atoms with Gasteiger partial charge in [-0.15, -0.1) is 0 Å². The SMILES string of the molecule is CC(C)CCC[C@@H](C)[C@H]1CC[C@H]2C3=CC(=O)C4(O)CC(O)CC[C@]4(C)[C@H]3CC[C@]12C. The smallest absolute Gasteiger partial charge is 0.187 e. The maximum absolute atomic E-state index is 13.2. The van der Waals surface area contributed by atoms with Gasteiger partial charge in [0.25, 0.3) is 0 Å². The minimum atomic E-state index is -1.38. The zero-order chi connectivity index (χ0) is 21.9. The summed E-state index contributed by atoms with van der Waals surface area (Å²) in [7, 11) is 0. The predicted molar refractivity (Wildman–Crippen MR) is 121 cm³/mol. The van der Waals surface area contributed by atoms with Crippen LogP contribution in [0, 0.1) is 40.4 Å². The van der Waals surface area contributed by atoms with E-state index in [0.717, 1.165) is 30.6 Å². The lowest BCUT2D eigenvalue weighted by molar-refractivity contribution is -0.180. The molecule has 0 radical (unpaired) electrons. The number of rotatable bonds is 5. The normalized spacial score (nSPS) is 46.8. The molecule has 2 N–H and O–H groups in total. The summed E-state index contributed by atoms with van der Waals surface area (Å²) in [6, 6.07) is 0. The highest BCUT2D eigenvalue weighted by Gasteiger charge is 2.65. The molecule has 3 fully saturated rings. The Kier molecular flexibility index (Phi) is 5.80. The Bertz CT molecular complexity index is 711. The van der Waals surface area contributed by atoms with Crippen LogP contribution in [0.3, 0.4) is 0 Å². The van der Waals surface area contributed by atoms with E-state index < -0.39 is 17.1 Å². The molecule has 0 spiro atoms. The van der Waals surface area contributed by atoms with Gasteiger partial charge in [0.15, 0.2) is 5.78 Å². The Labute approximate surface area is 183 Å². The van der Waals surface area contributed by atoms with Crippen LogP contribution in [0.25, 0.3) is 0 Å². The molecule has 170 valence electrons. The van der Waals surface area contributed by atoms with Crippen molar-refractivity contribution in [1.29, 1.82) is 0 Å². The number of carbonyl (C=O) groups excluding carboxylic acids is 1. The van der Waals surface area contributed by atoms with Crippen molar-refractivity contribution in [3.63, 3.8) is 0 Å². The fraction of sp³-hybridized carbons (Fsp3) is 0.889. The second-order valence-corrected chi connectivity index (χ2v) is 12.3. The Morgan fingerprint density at radius 1 is 1.03 bits per heavy atom. The standard InChI is InChI=1S/C27H44O3/c1-17(2)7-6-8-18(3)21-9-10-22-20-15-24(29)27(30)16-19(28)11-14-26(27,5)23(20)12-13-25(21,22)4/h15,17-19,21-23,28,30H,6-14,16H2,1-5H3/t18-,19?,21-,22+,23+,25-,26-,27?/m1/s1. The molecule has 0 heterocycles. The molecule has 0 aromatic carbocycles. The third-order valence-electron chi connectivity index (χ3n) is 10.3. The van der Waals surface area contributed by atoms with Crippen molar-refractivity contribution in [2.45, 2.75) is 111 Å². The van der Waals surface area contributed by atoms with Gasteiger partial charge in [-0.05, 0) is 79.6 Å². The van der Waals surface area contributed by atoms with Crippen molar-refractivity contribution in [3.8, 4) is 0 Å². The number of fused-ring (bicyclic) bond motifs is 5. The average Bonchev–Trinajstić information content (AvgIpc) is 3.01. The van der Waals surface area contributed by atoms with Gasteiger partial charge in [-0.25, -0.2) is 0 Å². The molecule has 0 amide bonds. The van der Waals surface area contributed by atoms with Crippen LogP contribution in [-0.4, -0.2) is 27.7 Å². The van der Waals surface area contributed by atoms with Gasteiger partial charge in [0.2, 0.25) is 0 Å². The van der Waals surface area contributed by atoms with E-state index in [1.165, 1.54) is 44.1 Å². The molecule has 0 aliphatic heterocycles. The van der Waals surface area contributed by atoms with E-state index >= 15 is 0 Å². The number of hydrogen-bond acceptors (Lipinski definition) is 3. The molecular formula is C27H44O3. The zero-order valence-corrected chi connectivity index (χ0v) is 19.9. The summed E-state index contributed by atoms with van der Waals surface area (Å²) < 4.78 is 0. The van der Waals surface area contributed by atoms with E-state index in [4.69, 9.17) is 0 Å². The van der Waals surface area contributed by atoms with Crippen LogP contribution in [0.1, 0.15) is 98.8 Å². The lowest BCUT2D eigenvalue weighted by Crippen LogP contribution is -2.64. The highest BCUT2D eigenvalue weighted by molar-refractivity contribution is 5.99. The molecule has 2 unspecified atom stereocenters. The molecule has 30 heavy (non-hydrogen) atoms. The third kappa shape index (κ3) is 3.25. The van der Waals surface area contributed by atoms with Gasteiger partial charge in [-0.2, -0.15) is 0 Å². The van der Waals surface area contributed by atoms with Crippen molar-refractivity contribution in [2.24, 2.45) is 40.4 Å². The van der Waals surface area contributed by atoms with Crippen LogP contribution >= 0.6 is 0 Å². The van der Waals surface area contributed by atoms with Crippen molar-refractivity contribution in [1.82, 2.24) is 0 Å². The third-order valence-corrected chi connectivity index (χ3v) is 10.3. The lowest BCUT2D eigenvalue weighted by atomic mass is 9.46. The fourth-order valence-corrected chi connectivity index (χ4v) is 8.37. The van der Waals surface area contributed by atoms with Gasteiger partial charge in [0.1, 0.15) is 5.60 Å². The largest absolute Gasteiger partial charge is 0.393 e. The highest BCUT2D eigenvalue weighted by atomic mass is 16.3. The number of hydrogen-bond donors (Lipinski definition) is 2. The topological polar surface area (TPSA) is 57.5 Å². The summed E-state index contributed by atoms with van der Waals surface area (Å²) in [6.07, 6.45) is 11.7. The Morgan fingerprint density at radius 3 is 2.47 bits per heavy atom. The molecule has 4 aliphatic carbocycles. The van der Waals surface area contributed by atoms with Crippen molar-refractivity contribution >= 4 is 5.78 Å². The van der Waals surface area contributed by atoms with E-state index in [9.17, 15) is 15.0 Å². The second-order valence-electron chi connectivity index (χ2n) is 12.3. The quantitative estimate of drug-likeness (QED) is 0.606. The zero-order valence-electron chi connectivity index (χ0n) is 19.9. The van der Waals surface area contributed by atoms with Crippen LogP contribution in [0.4, 0.5) is 0 Å². The average molecular weight is 417 g/mol. The van der Waals surface area contributed by atoms with Gasteiger partial charge in [-0.3, -0.25) is 4.79 Å².